The molecule has 7 nitrogen and oxygen atoms in total. The Morgan fingerprint density at radius 3 is 2.60 bits per heavy atom. The van der Waals surface area contributed by atoms with Crippen LogP contribution in [0.2, 0.25) is 0 Å². The van der Waals surface area contributed by atoms with E-state index in [0.29, 0.717) is 11.4 Å². The van der Waals surface area contributed by atoms with E-state index in [-0.39, 0.29) is 19.0 Å². The highest BCUT2D eigenvalue weighted by atomic mass is 16.3. The van der Waals surface area contributed by atoms with Crippen LogP contribution in [-0.4, -0.2) is 15.0 Å². The summed E-state index contributed by atoms with van der Waals surface area (Å²) in [4.78, 5) is 36.6. The maximum atomic E-state index is 12.4. The molecule has 0 fully saturated rings. The van der Waals surface area contributed by atoms with Gasteiger partial charge >= 0.3 is 11.1 Å². The van der Waals surface area contributed by atoms with Crippen molar-refractivity contribution in [3.8, 4) is 5.69 Å². The van der Waals surface area contributed by atoms with Gasteiger partial charge in [-0.3, -0.25) is 23.5 Å². The van der Waals surface area contributed by atoms with Crippen LogP contribution in [-0.2, 0) is 17.9 Å². The maximum absolute atomic E-state index is 12.4. The van der Waals surface area contributed by atoms with Gasteiger partial charge < -0.3 is 9.73 Å². The molecule has 1 amide bonds. The van der Waals surface area contributed by atoms with Crippen LogP contribution in [0.15, 0.2) is 69.1 Å². The van der Waals surface area contributed by atoms with Gasteiger partial charge in [0.1, 0.15) is 12.3 Å². The molecule has 0 saturated heterocycles. The number of hydrogen-bond acceptors (Lipinski definition) is 4. The number of hydrogen-bond donors (Lipinski definition) is 1. The number of amides is 1. The van der Waals surface area contributed by atoms with Crippen LogP contribution in [0.3, 0.4) is 0 Å². The summed E-state index contributed by atoms with van der Waals surface area (Å²) in [5.41, 5.74) is 0.0616. The normalized spacial score (nSPS) is 10.6. The Kier molecular flexibility index (Phi) is 4.65. The van der Waals surface area contributed by atoms with Gasteiger partial charge in [0.15, 0.2) is 0 Å². The zero-order chi connectivity index (χ0) is 17.8. The Hall–Kier alpha value is -3.35. The lowest BCUT2D eigenvalue weighted by molar-refractivity contribution is -0.122. The van der Waals surface area contributed by atoms with Crippen molar-refractivity contribution in [2.75, 3.05) is 0 Å². The zero-order valence-corrected chi connectivity index (χ0v) is 13.6. The predicted molar refractivity (Wildman–Crippen MR) is 91.6 cm³/mol. The second-order valence-corrected chi connectivity index (χ2v) is 5.55. The molecule has 0 spiro atoms. The number of aryl methyl sites for hydroxylation is 1. The van der Waals surface area contributed by atoms with Crippen molar-refractivity contribution in [2.24, 2.45) is 0 Å². The average molecular weight is 339 g/mol. The standard InChI is InChI=1S/C18H17N3O4/c1-13-5-2-3-7-15(13)21-9-8-20(17(23)18(21)24)12-16(22)19-11-14-6-4-10-25-14/h2-10H,11-12H2,1H3,(H,19,22). The first-order valence-corrected chi connectivity index (χ1v) is 7.73. The first-order valence-electron chi connectivity index (χ1n) is 7.73. The molecule has 25 heavy (non-hydrogen) atoms. The second kappa shape index (κ2) is 7.04. The van der Waals surface area contributed by atoms with Gasteiger partial charge in [-0.05, 0) is 30.7 Å². The molecule has 2 aromatic heterocycles. The molecule has 0 bridgehead atoms. The van der Waals surface area contributed by atoms with Crippen molar-refractivity contribution in [3.63, 3.8) is 0 Å². The van der Waals surface area contributed by atoms with Gasteiger partial charge in [-0.2, -0.15) is 0 Å². The van der Waals surface area contributed by atoms with Gasteiger partial charge in [0.25, 0.3) is 0 Å². The lowest BCUT2D eigenvalue weighted by Gasteiger charge is -2.11. The highest BCUT2D eigenvalue weighted by Gasteiger charge is 2.11. The Bertz CT molecular complexity index is 1000. The van der Waals surface area contributed by atoms with E-state index in [0.717, 1.165) is 10.1 Å². The van der Waals surface area contributed by atoms with E-state index in [1.807, 2.05) is 19.1 Å². The van der Waals surface area contributed by atoms with E-state index >= 15 is 0 Å². The monoisotopic (exact) mass is 339 g/mol. The summed E-state index contributed by atoms with van der Waals surface area (Å²) >= 11 is 0. The van der Waals surface area contributed by atoms with E-state index < -0.39 is 11.1 Å². The minimum Gasteiger partial charge on any atom is -0.467 e. The van der Waals surface area contributed by atoms with Gasteiger partial charge in [-0.25, -0.2) is 0 Å². The first-order chi connectivity index (χ1) is 12.1. The van der Waals surface area contributed by atoms with Gasteiger partial charge in [-0.1, -0.05) is 18.2 Å². The molecule has 0 atom stereocenters. The minimum atomic E-state index is -0.751. The molecule has 0 aliphatic heterocycles. The van der Waals surface area contributed by atoms with Crippen molar-refractivity contribution in [3.05, 3.63) is 87.1 Å². The van der Waals surface area contributed by atoms with Gasteiger partial charge in [-0.15, -0.1) is 0 Å². The molecule has 7 heteroatoms. The predicted octanol–water partition coefficient (Wildman–Crippen LogP) is 1.22. The fourth-order valence-corrected chi connectivity index (χ4v) is 2.47. The van der Waals surface area contributed by atoms with Crippen molar-refractivity contribution in [2.45, 2.75) is 20.0 Å². The molecule has 0 aliphatic carbocycles. The highest BCUT2D eigenvalue weighted by Crippen LogP contribution is 2.09. The van der Waals surface area contributed by atoms with E-state index in [2.05, 4.69) is 5.32 Å². The third-order valence-corrected chi connectivity index (χ3v) is 3.79. The highest BCUT2D eigenvalue weighted by molar-refractivity contribution is 5.75. The summed E-state index contributed by atoms with van der Waals surface area (Å²) in [5, 5.41) is 2.63. The SMILES string of the molecule is Cc1ccccc1-n1ccn(CC(=O)NCc2ccco2)c(=O)c1=O. The Morgan fingerprint density at radius 1 is 1.08 bits per heavy atom. The molecular weight excluding hydrogens is 322 g/mol. The fraction of sp³-hybridized carbons (Fsp3) is 0.167. The number of aromatic nitrogens is 2. The maximum Gasteiger partial charge on any atom is 0.320 e. The molecule has 128 valence electrons. The summed E-state index contributed by atoms with van der Waals surface area (Å²) in [6.45, 7) is 1.85. The lowest BCUT2D eigenvalue weighted by Crippen LogP contribution is -2.42. The Morgan fingerprint density at radius 2 is 1.88 bits per heavy atom. The van der Waals surface area contributed by atoms with E-state index in [4.69, 9.17) is 4.42 Å². The number of nitrogens with zero attached hydrogens (tertiary/aromatic N) is 2. The summed E-state index contributed by atoms with van der Waals surface area (Å²) in [6.07, 6.45) is 4.44. The van der Waals surface area contributed by atoms with E-state index in [1.54, 1.807) is 24.3 Å². The van der Waals surface area contributed by atoms with Crippen LogP contribution in [0.25, 0.3) is 5.69 Å². The Balaban J connectivity index is 1.79. The molecule has 2 heterocycles. The molecule has 3 aromatic rings. The lowest BCUT2D eigenvalue weighted by atomic mass is 10.2. The first kappa shape index (κ1) is 16.5. The van der Waals surface area contributed by atoms with Crippen LogP contribution < -0.4 is 16.4 Å². The van der Waals surface area contributed by atoms with Gasteiger partial charge in [0.2, 0.25) is 5.91 Å². The second-order valence-electron chi connectivity index (χ2n) is 5.55. The number of rotatable bonds is 5. The molecular formula is C18H17N3O4. The summed E-state index contributed by atoms with van der Waals surface area (Å²) in [6, 6.07) is 10.7. The van der Waals surface area contributed by atoms with Gasteiger partial charge in [0.05, 0.1) is 18.5 Å². The third kappa shape index (κ3) is 3.60. The number of furan rings is 1. The van der Waals surface area contributed by atoms with Crippen LogP contribution in [0.1, 0.15) is 11.3 Å². The Labute approximate surface area is 143 Å². The molecule has 3 rings (SSSR count). The van der Waals surface area contributed by atoms with Crippen LogP contribution in [0, 0.1) is 6.92 Å². The number of benzene rings is 1. The number of nitrogens with one attached hydrogen (secondary N) is 1. The number of para-hydroxylation sites is 1. The van der Waals surface area contributed by atoms with Crippen molar-refractivity contribution in [1.82, 2.24) is 14.5 Å². The van der Waals surface area contributed by atoms with Crippen LogP contribution >= 0.6 is 0 Å². The summed E-state index contributed by atoms with van der Waals surface area (Å²) < 4.78 is 7.49. The molecule has 0 radical (unpaired) electrons. The summed E-state index contributed by atoms with van der Waals surface area (Å²) in [7, 11) is 0. The molecule has 1 aromatic carbocycles. The minimum absolute atomic E-state index is 0.223. The largest absolute Gasteiger partial charge is 0.467 e. The van der Waals surface area contributed by atoms with E-state index in [9.17, 15) is 14.4 Å². The third-order valence-electron chi connectivity index (χ3n) is 3.79. The van der Waals surface area contributed by atoms with Crippen LogP contribution in [0.5, 0.6) is 0 Å². The average Bonchev–Trinajstić information content (AvgIpc) is 3.12. The van der Waals surface area contributed by atoms with Crippen molar-refractivity contribution in [1.29, 1.82) is 0 Å². The van der Waals surface area contributed by atoms with Gasteiger partial charge in [0, 0.05) is 12.4 Å². The van der Waals surface area contributed by atoms with Crippen LogP contribution in [0.4, 0.5) is 0 Å². The topological polar surface area (TPSA) is 86.2 Å². The van der Waals surface area contributed by atoms with Crippen molar-refractivity contribution < 1.29 is 9.21 Å². The smallest absolute Gasteiger partial charge is 0.320 e. The van der Waals surface area contributed by atoms with E-state index in [1.165, 1.54) is 23.2 Å². The zero-order valence-electron chi connectivity index (χ0n) is 13.6. The van der Waals surface area contributed by atoms with Crippen molar-refractivity contribution >= 4 is 5.91 Å². The molecule has 0 unspecified atom stereocenters. The number of carbonyl (C=O) groups excluding carboxylic acids is 1. The molecule has 1 N–H and O–H groups in total. The molecule has 0 aliphatic rings. The number of carbonyl (C=O) groups is 1. The summed E-state index contributed by atoms with van der Waals surface area (Å²) in [5.74, 6) is 0.224. The quantitative estimate of drug-likeness (QED) is 0.708. The molecule has 0 saturated carbocycles. The fourth-order valence-electron chi connectivity index (χ4n) is 2.47.